The first-order valence-corrected chi connectivity index (χ1v) is 8.63. The Morgan fingerprint density at radius 1 is 1.43 bits per heavy atom. The Bertz CT molecular complexity index is 670. The summed E-state index contributed by atoms with van der Waals surface area (Å²) in [6, 6.07) is 4.97. The van der Waals surface area contributed by atoms with Gasteiger partial charge in [-0.05, 0) is 43.0 Å². The molecule has 0 bridgehead atoms. The van der Waals surface area contributed by atoms with E-state index in [4.69, 9.17) is 5.11 Å². The highest BCUT2D eigenvalue weighted by atomic mass is 32.2. The normalized spacial score (nSPS) is 19.3. The SMILES string of the molecule is CCC1CCN(S(=O)(=O)c2ccc(C#CCO)c(C)c2)C1. The van der Waals surface area contributed by atoms with E-state index in [1.165, 1.54) is 0 Å². The maximum absolute atomic E-state index is 12.6. The first-order valence-electron chi connectivity index (χ1n) is 7.19. The van der Waals surface area contributed by atoms with Gasteiger partial charge in [-0.1, -0.05) is 25.2 Å². The molecule has 1 N–H and O–H groups in total. The molecule has 1 aliphatic heterocycles. The summed E-state index contributed by atoms with van der Waals surface area (Å²) in [5.41, 5.74) is 1.55. The maximum Gasteiger partial charge on any atom is 0.243 e. The summed E-state index contributed by atoms with van der Waals surface area (Å²) in [5.74, 6) is 5.86. The van der Waals surface area contributed by atoms with Crippen LogP contribution >= 0.6 is 0 Å². The molecule has 1 unspecified atom stereocenters. The monoisotopic (exact) mass is 307 g/mol. The molecule has 0 amide bonds. The van der Waals surface area contributed by atoms with E-state index in [1.54, 1.807) is 22.5 Å². The molecule has 0 spiro atoms. The van der Waals surface area contributed by atoms with Gasteiger partial charge in [0, 0.05) is 18.7 Å². The minimum Gasteiger partial charge on any atom is -0.384 e. The molecule has 4 nitrogen and oxygen atoms in total. The van der Waals surface area contributed by atoms with Crippen LogP contribution in [0.2, 0.25) is 0 Å². The number of aryl methyl sites for hydroxylation is 1. The lowest BCUT2D eigenvalue weighted by Crippen LogP contribution is -2.28. The van der Waals surface area contributed by atoms with Crippen LogP contribution in [0.25, 0.3) is 0 Å². The Kier molecular flexibility index (Phi) is 5.04. The van der Waals surface area contributed by atoms with Gasteiger partial charge in [-0.25, -0.2) is 8.42 Å². The maximum atomic E-state index is 12.6. The van der Waals surface area contributed by atoms with Crippen molar-refractivity contribution in [3.8, 4) is 11.8 Å². The summed E-state index contributed by atoms with van der Waals surface area (Å²) in [5, 5.41) is 8.72. The number of aliphatic hydroxyl groups is 1. The average Bonchev–Trinajstić information content (AvgIpc) is 2.95. The van der Waals surface area contributed by atoms with E-state index < -0.39 is 10.0 Å². The number of aliphatic hydroxyl groups excluding tert-OH is 1. The summed E-state index contributed by atoms with van der Waals surface area (Å²) in [6.45, 7) is 4.94. The van der Waals surface area contributed by atoms with Gasteiger partial charge in [0.2, 0.25) is 10.0 Å². The van der Waals surface area contributed by atoms with Crippen molar-refractivity contribution in [3.05, 3.63) is 29.3 Å². The molecule has 1 aromatic rings. The van der Waals surface area contributed by atoms with Crippen molar-refractivity contribution in [2.24, 2.45) is 5.92 Å². The second kappa shape index (κ2) is 6.61. The predicted octanol–water partition coefficient (Wildman–Crippen LogP) is 1.76. The van der Waals surface area contributed by atoms with E-state index in [1.807, 2.05) is 6.92 Å². The minimum atomic E-state index is -3.41. The second-order valence-electron chi connectivity index (χ2n) is 5.36. The molecule has 1 aromatic carbocycles. The highest BCUT2D eigenvalue weighted by Crippen LogP contribution is 2.26. The highest BCUT2D eigenvalue weighted by Gasteiger charge is 2.31. The molecule has 5 heteroatoms. The Labute approximate surface area is 126 Å². The lowest BCUT2D eigenvalue weighted by atomic mass is 10.1. The number of rotatable bonds is 3. The molecule has 1 aliphatic rings. The summed E-state index contributed by atoms with van der Waals surface area (Å²) in [4.78, 5) is 0.325. The van der Waals surface area contributed by atoms with Gasteiger partial charge in [0.25, 0.3) is 0 Å². The van der Waals surface area contributed by atoms with Crippen molar-refractivity contribution in [1.29, 1.82) is 0 Å². The van der Waals surface area contributed by atoms with Crippen LogP contribution < -0.4 is 0 Å². The van der Waals surface area contributed by atoms with Crippen LogP contribution in [0, 0.1) is 24.7 Å². The largest absolute Gasteiger partial charge is 0.384 e. The van der Waals surface area contributed by atoms with Crippen LogP contribution in [0.15, 0.2) is 23.1 Å². The molecular weight excluding hydrogens is 286 g/mol. The van der Waals surface area contributed by atoms with Crippen LogP contribution in [0.4, 0.5) is 0 Å². The van der Waals surface area contributed by atoms with E-state index in [2.05, 4.69) is 18.8 Å². The van der Waals surface area contributed by atoms with E-state index >= 15 is 0 Å². The molecule has 0 aromatic heterocycles. The fraction of sp³-hybridized carbons (Fsp3) is 0.500. The first-order chi connectivity index (χ1) is 9.98. The average molecular weight is 307 g/mol. The third-order valence-electron chi connectivity index (χ3n) is 3.96. The minimum absolute atomic E-state index is 0.203. The molecule has 1 heterocycles. The van der Waals surface area contributed by atoms with E-state index in [0.29, 0.717) is 23.9 Å². The van der Waals surface area contributed by atoms with Crippen molar-refractivity contribution in [2.45, 2.75) is 31.6 Å². The first kappa shape index (κ1) is 16.0. The van der Waals surface area contributed by atoms with Gasteiger partial charge in [0.1, 0.15) is 6.61 Å². The highest BCUT2D eigenvalue weighted by molar-refractivity contribution is 7.89. The van der Waals surface area contributed by atoms with Crippen LogP contribution in [-0.4, -0.2) is 37.5 Å². The fourth-order valence-electron chi connectivity index (χ4n) is 2.57. The van der Waals surface area contributed by atoms with Crippen LogP contribution in [0.5, 0.6) is 0 Å². The second-order valence-corrected chi connectivity index (χ2v) is 7.30. The Balaban J connectivity index is 2.27. The topological polar surface area (TPSA) is 57.6 Å². The van der Waals surface area contributed by atoms with Crippen molar-refractivity contribution in [1.82, 2.24) is 4.31 Å². The van der Waals surface area contributed by atoms with Crippen molar-refractivity contribution >= 4 is 10.0 Å². The van der Waals surface area contributed by atoms with Crippen molar-refractivity contribution in [3.63, 3.8) is 0 Å². The van der Waals surface area contributed by atoms with Crippen molar-refractivity contribution < 1.29 is 13.5 Å². The van der Waals surface area contributed by atoms with E-state index in [9.17, 15) is 8.42 Å². The van der Waals surface area contributed by atoms with Gasteiger partial charge in [-0.3, -0.25) is 0 Å². The zero-order valence-electron chi connectivity index (χ0n) is 12.5. The molecule has 21 heavy (non-hydrogen) atoms. The zero-order chi connectivity index (χ0) is 15.5. The third-order valence-corrected chi connectivity index (χ3v) is 5.82. The van der Waals surface area contributed by atoms with E-state index in [-0.39, 0.29) is 6.61 Å². The summed E-state index contributed by atoms with van der Waals surface area (Å²) in [7, 11) is -3.41. The molecular formula is C16H21NO3S. The number of hydrogen-bond donors (Lipinski definition) is 1. The molecule has 0 radical (unpaired) electrons. The molecule has 114 valence electrons. The zero-order valence-corrected chi connectivity index (χ0v) is 13.3. The van der Waals surface area contributed by atoms with Gasteiger partial charge in [0.15, 0.2) is 0 Å². The lowest BCUT2D eigenvalue weighted by molar-refractivity contribution is 0.350. The van der Waals surface area contributed by atoms with Crippen molar-refractivity contribution in [2.75, 3.05) is 19.7 Å². The van der Waals surface area contributed by atoms with E-state index in [0.717, 1.165) is 24.0 Å². The molecule has 1 fully saturated rings. The van der Waals surface area contributed by atoms with Crippen LogP contribution in [-0.2, 0) is 10.0 Å². The van der Waals surface area contributed by atoms with Gasteiger partial charge in [-0.2, -0.15) is 4.31 Å². The third kappa shape index (κ3) is 3.46. The fourth-order valence-corrected chi connectivity index (χ4v) is 4.19. The van der Waals surface area contributed by atoms with Crippen LogP contribution in [0.3, 0.4) is 0 Å². The molecule has 0 saturated carbocycles. The molecule has 1 atom stereocenters. The standard InChI is InChI=1S/C16H21NO3S/c1-3-14-8-9-17(12-14)21(19,20)16-7-6-15(5-4-10-18)13(2)11-16/h6-7,11,14,18H,3,8-10,12H2,1-2H3. The number of nitrogens with zero attached hydrogens (tertiary/aromatic N) is 1. The molecule has 1 saturated heterocycles. The Morgan fingerprint density at radius 3 is 2.76 bits per heavy atom. The predicted molar refractivity (Wildman–Crippen MR) is 82.3 cm³/mol. The van der Waals surface area contributed by atoms with Gasteiger partial charge < -0.3 is 5.11 Å². The number of sulfonamides is 1. The van der Waals surface area contributed by atoms with Gasteiger partial charge in [-0.15, -0.1) is 0 Å². The number of benzene rings is 1. The molecule has 2 rings (SSSR count). The quantitative estimate of drug-likeness (QED) is 0.866. The molecule has 0 aliphatic carbocycles. The van der Waals surface area contributed by atoms with Crippen LogP contribution in [0.1, 0.15) is 30.9 Å². The van der Waals surface area contributed by atoms with Gasteiger partial charge in [0.05, 0.1) is 4.90 Å². The summed E-state index contributed by atoms with van der Waals surface area (Å²) in [6.07, 6.45) is 1.95. The van der Waals surface area contributed by atoms with Gasteiger partial charge >= 0.3 is 0 Å². The number of hydrogen-bond acceptors (Lipinski definition) is 3. The Hall–Kier alpha value is -1.35. The smallest absolute Gasteiger partial charge is 0.243 e. The lowest BCUT2D eigenvalue weighted by Gasteiger charge is -2.17. The summed E-state index contributed by atoms with van der Waals surface area (Å²) < 4.78 is 26.8. The Morgan fingerprint density at radius 2 is 2.19 bits per heavy atom. The summed E-state index contributed by atoms with van der Waals surface area (Å²) >= 11 is 0.